The van der Waals surface area contributed by atoms with Crippen LogP contribution in [0.1, 0.15) is 5.56 Å². The Morgan fingerprint density at radius 3 is 2.52 bits per heavy atom. The highest BCUT2D eigenvalue weighted by Gasteiger charge is 2.26. The lowest BCUT2D eigenvalue weighted by Crippen LogP contribution is -2.23. The second-order valence-corrected chi connectivity index (χ2v) is 8.30. The van der Waals surface area contributed by atoms with Crippen LogP contribution in [-0.4, -0.2) is 46.8 Å². The highest BCUT2D eigenvalue weighted by atomic mass is 32.2. The van der Waals surface area contributed by atoms with Crippen molar-refractivity contribution in [3.8, 4) is 11.3 Å². The molecule has 4 rings (SSSR count). The van der Waals surface area contributed by atoms with Gasteiger partial charge >= 0.3 is 11.9 Å². The van der Waals surface area contributed by atoms with Gasteiger partial charge in [0.05, 0.1) is 18.3 Å². The summed E-state index contributed by atoms with van der Waals surface area (Å²) in [5.41, 5.74) is 1.48. The fraction of sp³-hybridized carbons (Fsp3) is 0.100. The van der Waals surface area contributed by atoms with E-state index in [0.29, 0.717) is 22.0 Å². The molecule has 0 saturated carbocycles. The van der Waals surface area contributed by atoms with Crippen LogP contribution in [0.15, 0.2) is 77.6 Å². The molecule has 0 unspecified atom stereocenters. The molecule has 3 heterocycles. The monoisotopic (exact) mass is 440 g/mol. The molecule has 0 fully saturated rings. The molecular weight excluding hydrogens is 424 g/mol. The van der Waals surface area contributed by atoms with Crippen molar-refractivity contribution in [2.75, 3.05) is 7.05 Å². The Balaban J connectivity index is 1.80. The first-order valence-electron chi connectivity index (χ1n) is 9.03. The van der Waals surface area contributed by atoms with E-state index in [9.17, 15) is 18.0 Å². The van der Waals surface area contributed by atoms with Gasteiger partial charge < -0.3 is 9.68 Å². The number of carbonyl (C=O) groups excluding carboxylic acids is 2. The molecule has 1 aliphatic heterocycles. The van der Waals surface area contributed by atoms with E-state index < -0.39 is 22.0 Å². The van der Waals surface area contributed by atoms with Crippen molar-refractivity contribution in [1.29, 1.82) is 0 Å². The zero-order chi connectivity index (χ0) is 22.0. The number of hydrogen-bond acceptors (Lipinski definition) is 9. The molecule has 11 heteroatoms. The van der Waals surface area contributed by atoms with Crippen LogP contribution in [0.2, 0.25) is 0 Å². The fourth-order valence-electron chi connectivity index (χ4n) is 3.03. The molecule has 0 atom stereocenters. The normalized spacial score (nSPS) is 15.1. The predicted octanol–water partition coefficient (Wildman–Crippen LogP) is 1.51. The Kier molecular flexibility index (Phi) is 5.36. The fourth-order valence-corrected chi connectivity index (χ4v) is 4.32. The molecular formula is C20H16N4O6S. The molecule has 3 aromatic rings. The van der Waals surface area contributed by atoms with E-state index in [2.05, 4.69) is 10.2 Å². The highest BCUT2D eigenvalue weighted by Crippen LogP contribution is 2.28. The Morgan fingerprint density at radius 2 is 1.81 bits per heavy atom. The number of carbonyl (C=O) groups is 2. The van der Waals surface area contributed by atoms with E-state index >= 15 is 0 Å². The molecule has 1 aliphatic rings. The van der Waals surface area contributed by atoms with Crippen molar-refractivity contribution in [2.45, 2.75) is 11.4 Å². The number of hydroxylamine groups is 2. The van der Waals surface area contributed by atoms with Crippen molar-refractivity contribution < 1.29 is 27.7 Å². The second kappa shape index (κ2) is 8.13. The van der Waals surface area contributed by atoms with Crippen molar-refractivity contribution in [2.24, 2.45) is 0 Å². The van der Waals surface area contributed by atoms with Crippen molar-refractivity contribution >= 4 is 22.0 Å². The molecule has 0 saturated heterocycles. The summed E-state index contributed by atoms with van der Waals surface area (Å²) in [4.78, 5) is 33.6. The summed E-state index contributed by atoms with van der Waals surface area (Å²) in [7, 11) is -2.80. The van der Waals surface area contributed by atoms with Crippen LogP contribution in [0, 0.1) is 0 Å². The molecule has 10 nitrogen and oxygen atoms in total. The predicted molar refractivity (Wildman–Crippen MR) is 106 cm³/mol. The Bertz CT molecular complexity index is 1270. The first-order valence-corrected chi connectivity index (χ1v) is 10.5. The van der Waals surface area contributed by atoms with E-state index in [1.54, 1.807) is 30.3 Å². The summed E-state index contributed by atoms with van der Waals surface area (Å²) in [5, 5.41) is 7.80. The topological polar surface area (TPSA) is 121 Å². The van der Waals surface area contributed by atoms with E-state index in [1.807, 2.05) is 6.07 Å². The summed E-state index contributed by atoms with van der Waals surface area (Å²) in [5.74, 6) is -1.56. The average Bonchev–Trinajstić information content (AvgIpc) is 3.14. The van der Waals surface area contributed by atoms with Gasteiger partial charge in [0.1, 0.15) is 0 Å². The van der Waals surface area contributed by atoms with Gasteiger partial charge in [0.2, 0.25) is 0 Å². The maximum absolute atomic E-state index is 13.2. The third-order valence-corrected chi connectivity index (χ3v) is 5.93. The van der Waals surface area contributed by atoms with Crippen molar-refractivity contribution in [3.05, 3.63) is 78.1 Å². The van der Waals surface area contributed by atoms with Crippen LogP contribution >= 0.6 is 0 Å². The van der Waals surface area contributed by atoms with Gasteiger partial charge in [0.15, 0.2) is 5.03 Å². The number of rotatable bonds is 5. The number of hydrogen-bond donors (Lipinski definition) is 0. The number of benzene rings is 1. The standard InChI is InChI=1S/C20H16N4O6S/c1-23-29-19(25)12-16(20(26)30-23)10-14-11-17(15-6-3-2-4-7-15)24(13-14)31(27,28)18-8-5-9-21-22-18/h2-9,11-13H,10H2,1H3. The van der Waals surface area contributed by atoms with Gasteiger partial charge in [-0.1, -0.05) is 30.3 Å². The lowest BCUT2D eigenvalue weighted by molar-refractivity contribution is -0.304. The summed E-state index contributed by atoms with van der Waals surface area (Å²) in [6, 6.07) is 13.3. The van der Waals surface area contributed by atoms with E-state index in [1.165, 1.54) is 31.6 Å². The van der Waals surface area contributed by atoms with Crippen LogP contribution in [-0.2, 0) is 35.7 Å². The largest absolute Gasteiger partial charge is 0.357 e. The zero-order valence-corrected chi connectivity index (χ0v) is 17.0. The van der Waals surface area contributed by atoms with Crippen LogP contribution in [0.25, 0.3) is 11.3 Å². The Morgan fingerprint density at radius 1 is 1.03 bits per heavy atom. The minimum absolute atomic E-state index is 0.0167. The third-order valence-electron chi connectivity index (χ3n) is 4.36. The molecule has 2 aromatic heterocycles. The third kappa shape index (κ3) is 4.22. The Labute approximate surface area is 177 Å². The van der Waals surface area contributed by atoms with Gasteiger partial charge in [-0.05, 0) is 29.3 Å². The maximum Gasteiger partial charge on any atom is 0.357 e. The first-order chi connectivity index (χ1) is 14.8. The minimum Gasteiger partial charge on any atom is -0.329 e. The van der Waals surface area contributed by atoms with Crippen LogP contribution in [0.3, 0.4) is 0 Å². The summed E-state index contributed by atoms with van der Waals surface area (Å²) in [6.07, 6.45) is 3.71. The molecule has 158 valence electrons. The molecule has 31 heavy (non-hydrogen) atoms. The molecule has 0 spiro atoms. The first kappa shape index (κ1) is 20.4. The SMILES string of the molecule is CN1OC(=O)C=C(Cc2cc(-c3ccccc3)n(S(=O)(=O)c3cccnn3)c2)C(=O)O1. The minimum atomic E-state index is -4.07. The van der Waals surface area contributed by atoms with Gasteiger partial charge in [-0.2, -0.15) is 13.5 Å². The van der Waals surface area contributed by atoms with Gasteiger partial charge in [0, 0.05) is 30.1 Å². The summed E-state index contributed by atoms with van der Waals surface area (Å²) < 4.78 is 27.5. The second-order valence-electron chi connectivity index (χ2n) is 6.54. The highest BCUT2D eigenvalue weighted by molar-refractivity contribution is 7.90. The smallest absolute Gasteiger partial charge is 0.329 e. The van der Waals surface area contributed by atoms with Gasteiger partial charge in [-0.15, -0.1) is 5.10 Å². The number of aromatic nitrogens is 3. The van der Waals surface area contributed by atoms with Crippen LogP contribution in [0.5, 0.6) is 0 Å². The molecule has 0 radical (unpaired) electrons. The lowest BCUT2D eigenvalue weighted by atomic mass is 10.1. The van der Waals surface area contributed by atoms with E-state index in [0.717, 1.165) is 10.0 Å². The van der Waals surface area contributed by atoms with Gasteiger partial charge in [-0.25, -0.2) is 13.6 Å². The van der Waals surface area contributed by atoms with Gasteiger partial charge in [0.25, 0.3) is 10.0 Å². The average molecular weight is 440 g/mol. The molecule has 0 N–H and O–H groups in total. The van der Waals surface area contributed by atoms with Crippen LogP contribution < -0.4 is 0 Å². The molecule has 0 aliphatic carbocycles. The van der Waals surface area contributed by atoms with Crippen molar-refractivity contribution in [3.63, 3.8) is 0 Å². The molecule has 0 bridgehead atoms. The van der Waals surface area contributed by atoms with Crippen LogP contribution in [0.4, 0.5) is 0 Å². The Hall–Kier alpha value is -3.83. The van der Waals surface area contributed by atoms with Gasteiger partial charge in [-0.3, -0.25) is 0 Å². The zero-order valence-electron chi connectivity index (χ0n) is 16.2. The lowest BCUT2D eigenvalue weighted by Gasteiger charge is -2.10. The maximum atomic E-state index is 13.2. The molecule has 1 aromatic carbocycles. The quantitative estimate of drug-likeness (QED) is 0.581. The van der Waals surface area contributed by atoms with E-state index in [4.69, 9.17) is 9.68 Å². The summed E-state index contributed by atoms with van der Waals surface area (Å²) in [6.45, 7) is 0. The van der Waals surface area contributed by atoms with Crippen molar-refractivity contribution in [1.82, 2.24) is 19.4 Å². The van der Waals surface area contributed by atoms with E-state index in [-0.39, 0.29) is 17.0 Å². The number of nitrogens with zero attached hydrogens (tertiary/aromatic N) is 4. The molecule has 0 amide bonds. The summed E-state index contributed by atoms with van der Waals surface area (Å²) >= 11 is 0.